The first-order valence-corrected chi connectivity index (χ1v) is 8.13. The van der Waals surface area contributed by atoms with E-state index in [4.69, 9.17) is 5.41 Å². The zero-order chi connectivity index (χ0) is 12.4. The first-order valence-electron chi connectivity index (χ1n) is 8.13. The SMILES string of the molecule is N=C(C1CCCCC1)N1CCC2(CCCC2)CC1. The molecule has 2 saturated carbocycles. The number of amidine groups is 1. The molecule has 1 aliphatic heterocycles. The molecule has 102 valence electrons. The highest BCUT2D eigenvalue weighted by Gasteiger charge is 2.38. The van der Waals surface area contributed by atoms with E-state index >= 15 is 0 Å². The van der Waals surface area contributed by atoms with Crippen LogP contribution in [0.5, 0.6) is 0 Å². The Hall–Kier alpha value is -0.530. The predicted octanol–water partition coefficient (Wildman–Crippen LogP) is 4.20. The minimum atomic E-state index is 0.594. The summed E-state index contributed by atoms with van der Waals surface area (Å²) in [5.41, 5.74) is 0.698. The van der Waals surface area contributed by atoms with Gasteiger partial charge in [0.25, 0.3) is 0 Å². The van der Waals surface area contributed by atoms with Crippen LogP contribution in [0.1, 0.15) is 70.6 Å². The molecule has 0 atom stereocenters. The normalized spacial score (nSPS) is 28.8. The van der Waals surface area contributed by atoms with Crippen LogP contribution >= 0.6 is 0 Å². The zero-order valence-electron chi connectivity index (χ0n) is 11.7. The van der Waals surface area contributed by atoms with Crippen LogP contribution in [0.2, 0.25) is 0 Å². The van der Waals surface area contributed by atoms with E-state index in [1.165, 1.54) is 83.7 Å². The first-order chi connectivity index (χ1) is 8.79. The molecule has 0 amide bonds. The predicted molar refractivity (Wildman–Crippen MR) is 76.0 cm³/mol. The van der Waals surface area contributed by atoms with Crippen molar-refractivity contribution in [3.8, 4) is 0 Å². The monoisotopic (exact) mass is 248 g/mol. The van der Waals surface area contributed by atoms with E-state index in [9.17, 15) is 0 Å². The van der Waals surface area contributed by atoms with Crippen LogP contribution in [-0.2, 0) is 0 Å². The van der Waals surface area contributed by atoms with Crippen molar-refractivity contribution in [3.05, 3.63) is 0 Å². The molecule has 0 aromatic carbocycles. The lowest BCUT2D eigenvalue weighted by atomic mass is 9.76. The van der Waals surface area contributed by atoms with Crippen LogP contribution in [0.4, 0.5) is 0 Å². The van der Waals surface area contributed by atoms with Gasteiger partial charge in [-0.05, 0) is 43.9 Å². The summed E-state index contributed by atoms with van der Waals surface area (Å²) >= 11 is 0. The van der Waals surface area contributed by atoms with Crippen molar-refractivity contribution in [2.45, 2.75) is 70.6 Å². The lowest BCUT2D eigenvalue weighted by molar-refractivity contribution is 0.148. The van der Waals surface area contributed by atoms with Gasteiger partial charge >= 0.3 is 0 Å². The van der Waals surface area contributed by atoms with Crippen molar-refractivity contribution in [3.63, 3.8) is 0 Å². The highest BCUT2D eigenvalue weighted by molar-refractivity contribution is 5.81. The van der Waals surface area contributed by atoms with E-state index in [0.29, 0.717) is 11.3 Å². The summed E-state index contributed by atoms with van der Waals surface area (Å²) in [6.45, 7) is 2.35. The number of rotatable bonds is 1. The van der Waals surface area contributed by atoms with Crippen LogP contribution in [0, 0.1) is 16.7 Å². The lowest BCUT2D eigenvalue weighted by Crippen LogP contribution is -2.44. The Kier molecular flexibility index (Phi) is 3.63. The summed E-state index contributed by atoms with van der Waals surface area (Å²) in [6.07, 6.45) is 15.2. The van der Waals surface area contributed by atoms with Gasteiger partial charge in [0.05, 0.1) is 5.84 Å². The number of hydrogen-bond donors (Lipinski definition) is 1. The smallest absolute Gasteiger partial charge is 0.0989 e. The Bertz CT molecular complexity index is 288. The average molecular weight is 248 g/mol. The third-order valence-electron chi connectivity index (χ3n) is 5.82. The minimum absolute atomic E-state index is 0.594. The molecule has 2 nitrogen and oxygen atoms in total. The van der Waals surface area contributed by atoms with Crippen LogP contribution < -0.4 is 0 Å². The quantitative estimate of drug-likeness (QED) is 0.546. The Balaban J connectivity index is 1.53. The van der Waals surface area contributed by atoms with Crippen molar-refractivity contribution in [2.24, 2.45) is 11.3 Å². The van der Waals surface area contributed by atoms with Gasteiger partial charge in [0, 0.05) is 19.0 Å². The fourth-order valence-electron chi connectivity index (χ4n) is 4.48. The highest BCUT2D eigenvalue weighted by Crippen LogP contribution is 2.46. The topological polar surface area (TPSA) is 27.1 Å². The van der Waals surface area contributed by atoms with Gasteiger partial charge in [-0.3, -0.25) is 5.41 Å². The summed E-state index contributed by atoms with van der Waals surface area (Å²) in [5, 5.41) is 8.46. The third kappa shape index (κ3) is 2.44. The van der Waals surface area contributed by atoms with Crippen LogP contribution in [0.25, 0.3) is 0 Å². The summed E-state index contributed by atoms with van der Waals surface area (Å²) in [5.74, 6) is 1.58. The van der Waals surface area contributed by atoms with Gasteiger partial charge in [-0.15, -0.1) is 0 Å². The molecule has 0 bridgehead atoms. The number of piperidine rings is 1. The molecule has 1 N–H and O–H groups in total. The lowest BCUT2D eigenvalue weighted by Gasteiger charge is -2.42. The summed E-state index contributed by atoms with van der Waals surface area (Å²) < 4.78 is 0. The Morgan fingerprint density at radius 1 is 0.833 bits per heavy atom. The number of nitrogens with one attached hydrogen (secondary N) is 1. The summed E-state index contributed by atoms with van der Waals surface area (Å²) in [7, 11) is 0. The highest BCUT2D eigenvalue weighted by atomic mass is 15.2. The average Bonchev–Trinajstić information content (AvgIpc) is 2.88. The van der Waals surface area contributed by atoms with Gasteiger partial charge in [0.2, 0.25) is 0 Å². The van der Waals surface area contributed by atoms with Gasteiger partial charge < -0.3 is 4.90 Å². The van der Waals surface area contributed by atoms with E-state index in [-0.39, 0.29) is 0 Å². The number of likely N-dealkylation sites (tertiary alicyclic amines) is 1. The maximum Gasteiger partial charge on any atom is 0.0989 e. The zero-order valence-corrected chi connectivity index (χ0v) is 11.7. The minimum Gasteiger partial charge on any atom is -0.360 e. The van der Waals surface area contributed by atoms with Crippen LogP contribution in [0.3, 0.4) is 0 Å². The molecule has 3 aliphatic rings. The van der Waals surface area contributed by atoms with Gasteiger partial charge in [-0.2, -0.15) is 0 Å². The van der Waals surface area contributed by atoms with E-state index < -0.39 is 0 Å². The number of hydrogen-bond acceptors (Lipinski definition) is 1. The van der Waals surface area contributed by atoms with Crippen molar-refractivity contribution in [1.82, 2.24) is 4.90 Å². The summed E-state index contributed by atoms with van der Waals surface area (Å²) in [6, 6.07) is 0. The Morgan fingerprint density at radius 2 is 1.44 bits per heavy atom. The van der Waals surface area contributed by atoms with Crippen molar-refractivity contribution < 1.29 is 0 Å². The Labute approximate surface area is 112 Å². The molecule has 3 rings (SSSR count). The van der Waals surface area contributed by atoms with Crippen molar-refractivity contribution in [2.75, 3.05) is 13.1 Å². The second-order valence-corrected chi connectivity index (χ2v) is 6.91. The Morgan fingerprint density at radius 3 is 2.06 bits per heavy atom. The van der Waals surface area contributed by atoms with E-state index in [0.717, 1.165) is 5.84 Å². The second-order valence-electron chi connectivity index (χ2n) is 6.91. The fraction of sp³-hybridized carbons (Fsp3) is 0.938. The van der Waals surface area contributed by atoms with Gasteiger partial charge in [0.15, 0.2) is 0 Å². The van der Waals surface area contributed by atoms with E-state index in [1.807, 2.05) is 0 Å². The molecule has 0 unspecified atom stereocenters. The van der Waals surface area contributed by atoms with E-state index in [1.54, 1.807) is 0 Å². The largest absolute Gasteiger partial charge is 0.360 e. The molecular weight excluding hydrogens is 220 g/mol. The molecule has 3 fully saturated rings. The van der Waals surface area contributed by atoms with E-state index in [2.05, 4.69) is 4.90 Å². The first kappa shape index (κ1) is 12.5. The molecule has 2 aliphatic carbocycles. The molecule has 1 saturated heterocycles. The van der Waals surface area contributed by atoms with Crippen molar-refractivity contribution >= 4 is 5.84 Å². The molecular formula is C16H28N2. The van der Waals surface area contributed by atoms with Crippen LogP contribution in [0.15, 0.2) is 0 Å². The van der Waals surface area contributed by atoms with Crippen molar-refractivity contribution in [1.29, 1.82) is 5.41 Å². The summed E-state index contributed by atoms with van der Waals surface area (Å²) in [4.78, 5) is 2.42. The fourth-order valence-corrected chi connectivity index (χ4v) is 4.48. The molecule has 1 heterocycles. The molecule has 0 aromatic heterocycles. The van der Waals surface area contributed by atoms with Crippen LogP contribution in [-0.4, -0.2) is 23.8 Å². The maximum atomic E-state index is 8.46. The standard InChI is InChI=1S/C16H28N2/c17-15(14-6-2-1-3-7-14)18-12-10-16(11-13-18)8-4-5-9-16/h14,17H,1-13H2. The van der Waals surface area contributed by atoms with Gasteiger partial charge in [0.1, 0.15) is 0 Å². The second kappa shape index (κ2) is 5.22. The maximum absolute atomic E-state index is 8.46. The van der Waals surface area contributed by atoms with Gasteiger partial charge in [-0.25, -0.2) is 0 Å². The third-order valence-corrected chi connectivity index (χ3v) is 5.82. The molecule has 18 heavy (non-hydrogen) atoms. The molecule has 2 heteroatoms. The molecule has 0 aromatic rings. The molecule has 0 radical (unpaired) electrons. The van der Waals surface area contributed by atoms with Gasteiger partial charge in [-0.1, -0.05) is 32.1 Å². The molecule has 1 spiro atoms. The number of nitrogens with zero attached hydrogens (tertiary/aromatic N) is 1.